The zero-order valence-corrected chi connectivity index (χ0v) is 15.8. The lowest BCUT2D eigenvalue weighted by Gasteiger charge is -2.47. The van der Waals surface area contributed by atoms with Crippen LogP contribution in [0.4, 0.5) is 0 Å². The highest BCUT2D eigenvalue weighted by atomic mass is 16.5. The first-order valence-electron chi connectivity index (χ1n) is 12.2. The lowest BCUT2D eigenvalue weighted by Crippen LogP contribution is -2.48. The maximum absolute atomic E-state index is 8.91. The number of fused-ring (bicyclic) bond motifs is 3. The molecular formula is C23H27N3O2. The fraction of sp³-hybridized carbons (Fsp3) is 0.478. The fourth-order valence-electron chi connectivity index (χ4n) is 5.45. The van der Waals surface area contributed by atoms with Crippen molar-refractivity contribution >= 4 is 6.02 Å². The quantitative estimate of drug-likeness (QED) is 0.860. The first kappa shape index (κ1) is 12.9. The van der Waals surface area contributed by atoms with Gasteiger partial charge in [0.25, 0.3) is 6.02 Å². The summed E-state index contributed by atoms with van der Waals surface area (Å²) in [5, 5.41) is 0. The monoisotopic (exact) mass is 382 g/mol. The summed E-state index contributed by atoms with van der Waals surface area (Å²) >= 11 is 0. The molecule has 1 saturated carbocycles. The molecule has 0 radical (unpaired) electrons. The van der Waals surface area contributed by atoms with Crippen molar-refractivity contribution < 1.29 is 16.3 Å². The molecule has 5 nitrogen and oxygen atoms in total. The Morgan fingerprint density at radius 1 is 1.36 bits per heavy atom. The zero-order chi connectivity index (χ0) is 23.6. The van der Waals surface area contributed by atoms with E-state index in [9.17, 15) is 0 Å². The first-order valence-corrected chi connectivity index (χ1v) is 9.72. The second kappa shape index (κ2) is 6.31. The first-order chi connectivity index (χ1) is 15.5. The number of rotatable bonds is 2. The molecule has 28 heavy (non-hydrogen) atoms. The van der Waals surface area contributed by atoms with Crippen LogP contribution in [0.2, 0.25) is 0 Å². The molecule has 3 aliphatic rings. The third kappa shape index (κ3) is 2.42. The Labute approximate surface area is 173 Å². The largest absolute Gasteiger partial charge is 0.462 e. The van der Waals surface area contributed by atoms with E-state index in [-0.39, 0.29) is 11.9 Å². The molecular weight excluding hydrogens is 350 g/mol. The normalized spacial score (nSPS) is 38.6. The SMILES string of the molecule is [2H]C([2H])([2H])O[C@@H]1CC[C@]2(Cc3ccc(-c4cccnc4)cc3[C@]23N=C(N)OC3([2H])[2H])C[C@H]1C. The van der Waals surface area contributed by atoms with Crippen molar-refractivity contribution in [1.29, 1.82) is 0 Å². The van der Waals surface area contributed by atoms with E-state index >= 15 is 0 Å². The standard InChI is InChI=1S/C23H27N3O2/c1-15-11-22(8-7-20(15)27-2)12-17-6-5-16(18-4-3-9-25-13-18)10-19(17)23(22)14-28-21(24)26-23/h3-6,9-10,13,15,20H,7-8,11-12,14H2,1-2H3,(H2,24,26)/t15-,20-,22-,23+/m1/s1/i2D3,14D2. The van der Waals surface area contributed by atoms with Crippen molar-refractivity contribution in [3.05, 3.63) is 53.9 Å². The summed E-state index contributed by atoms with van der Waals surface area (Å²) in [4.78, 5) is 8.90. The fourth-order valence-corrected chi connectivity index (χ4v) is 5.45. The number of aromatic nitrogens is 1. The van der Waals surface area contributed by atoms with Gasteiger partial charge in [0.1, 0.15) is 12.1 Å². The molecule has 5 rings (SSSR count). The molecule has 4 atom stereocenters. The van der Waals surface area contributed by atoms with Crippen LogP contribution in [-0.2, 0) is 21.4 Å². The van der Waals surface area contributed by atoms with E-state index in [0.717, 1.165) is 22.3 Å². The summed E-state index contributed by atoms with van der Waals surface area (Å²) in [7, 11) is -2.47. The van der Waals surface area contributed by atoms with Gasteiger partial charge < -0.3 is 15.2 Å². The average molecular weight is 383 g/mol. The molecule has 2 spiro atoms. The van der Waals surface area contributed by atoms with Gasteiger partial charge in [-0.1, -0.05) is 25.1 Å². The van der Waals surface area contributed by atoms with E-state index < -0.39 is 30.7 Å². The highest BCUT2D eigenvalue weighted by Crippen LogP contribution is 2.62. The van der Waals surface area contributed by atoms with Crippen molar-refractivity contribution in [1.82, 2.24) is 4.98 Å². The maximum Gasteiger partial charge on any atom is 0.283 e. The zero-order valence-electron chi connectivity index (χ0n) is 20.8. The number of pyridine rings is 1. The minimum atomic E-state index is -2.47. The highest BCUT2D eigenvalue weighted by Gasteiger charge is 2.62. The number of methoxy groups -OCH3 is 1. The Morgan fingerprint density at radius 2 is 2.29 bits per heavy atom. The Kier molecular flexibility index (Phi) is 2.92. The highest BCUT2D eigenvalue weighted by molar-refractivity contribution is 5.76. The van der Waals surface area contributed by atoms with Gasteiger partial charge in [0, 0.05) is 24.8 Å². The molecule has 1 aromatic heterocycles. The number of nitrogens with zero attached hydrogens (tertiary/aromatic N) is 2. The molecule has 5 heteroatoms. The Balaban J connectivity index is 1.62. The van der Waals surface area contributed by atoms with Crippen molar-refractivity contribution in [3.63, 3.8) is 0 Å². The van der Waals surface area contributed by atoms with E-state index in [1.807, 2.05) is 37.3 Å². The van der Waals surface area contributed by atoms with Crippen LogP contribution in [-0.4, -0.2) is 30.7 Å². The van der Waals surface area contributed by atoms with Gasteiger partial charge in [0.2, 0.25) is 0 Å². The van der Waals surface area contributed by atoms with Gasteiger partial charge in [-0.05, 0) is 66.0 Å². The second-order valence-electron chi connectivity index (χ2n) is 8.31. The number of ether oxygens (including phenoxy) is 2. The molecule has 146 valence electrons. The molecule has 2 N–H and O–H groups in total. The summed E-state index contributed by atoms with van der Waals surface area (Å²) in [5.41, 5.74) is 7.68. The smallest absolute Gasteiger partial charge is 0.283 e. The lowest BCUT2D eigenvalue weighted by atomic mass is 9.59. The third-order valence-corrected chi connectivity index (χ3v) is 6.78. The molecule has 2 aliphatic carbocycles. The summed E-state index contributed by atoms with van der Waals surface area (Å²) in [5.74, 6) is -0.101. The topological polar surface area (TPSA) is 69.7 Å². The third-order valence-electron chi connectivity index (χ3n) is 6.78. The Morgan fingerprint density at radius 3 is 3.00 bits per heavy atom. The molecule has 0 bridgehead atoms. The molecule has 0 amide bonds. The minimum Gasteiger partial charge on any atom is -0.462 e. The van der Waals surface area contributed by atoms with Crippen molar-refractivity contribution in [2.45, 2.75) is 44.2 Å². The van der Waals surface area contributed by atoms with Gasteiger partial charge in [-0.3, -0.25) is 4.98 Å². The van der Waals surface area contributed by atoms with Crippen molar-refractivity contribution in [2.24, 2.45) is 22.1 Å². The summed E-state index contributed by atoms with van der Waals surface area (Å²) < 4.78 is 51.2. The lowest BCUT2D eigenvalue weighted by molar-refractivity contribution is -0.0445. The van der Waals surface area contributed by atoms with Crippen LogP contribution in [0.3, 0.4) is 0 Å². The molecule has 2 heterocycles. The van der Waals surface area contributed by atoms with Crippen molar-refractivity contribution in [2.75, 3.05) is 13.6 Å². The van der Waals surface area contributed by atoms with Gasteiger partial charge in [0.15, 0.2) is 0 Å². The van der Waals surface area contributed by atoms with Gasteiger partial charge in [-0.2, -0.15) is 0 Å². The summed E-state index contributed by atoms with van der Waals surface area (Å²) in [6.07, 6.45) is 5.26. The van der Waals surface area contributed by atoms with Crippen LogP contribution >= 0.6 is 0 Å². The van der Waals surface area contributed by atoms with Crippen LogP contribution in [0.5, 0.6) is 0 Å². The second-order valence-corrected chi connectivity index (χ2v) is 8.31. The number of benzene rings is 1. The molecule has 0 saturated heterocycles. The van der Waals surface area contributed by atoms with Crippen LogP contribution in [0, 0.1) is 11.3 Å². The van der Waals surface area contributed by atoms with E-state index in [1.165, 1.54) is 0 Å². The van der Waals surface area contributed by atoms with E-state index in [0.29, 0.717) is 25.7 Å². The van der Waals surface area contributed by atoms with Gasteiger partial charge in [-0.25, -0.2) is 4.99 Å². The Bertz CT molecular complexity index is 1110. The predicted octanol–water partition coefficient (Wildman–Crippen LogP) is 3.67. The predicted molar refractivity (Wildman–Crippen MR) is 109 cm³/mol. The van der Waals surface area contributed by atoms with Crippen molar-refractivity contribution in [3.8, 4) is 11.1 Å². The van der Waals surface area contributed by atoms with E-state index in [1.54, 1.807) is 12.4 Å². The molecule has 1 aromatic carbocycles. The molecule has 1 fully saturated rings. The van der Waals surface area contributed by atoms with Crippen LogP contribution in [0.25, 0.3) is 11.1 Å². The minimum absolute atomic E-state index is 0.101. The van der Waals surface area contributed by atoms with Crippen LogP contribution < -0.4 is 5.73 Å². The van der Waals surface area contributed by atoms with Crippen LogP contribution in [0.1, 0.15) is 44.2 Å². The number of amidine groups is 1. The molecule has 2 aromatic rings. The number of hydrogen-bond donors (Lipinski definition) is 1. The van der Waals surface area contributed by atoms with Gasteiger partial charge in [0.05, 0.1) is 13.0 Å². The Hall–Kier alpha value is -2.40. The van der Waals surface area contributed by atoms with E-state index in [2.05, 4.69) is 9.98 Å². The van der Waals surface area contributed by atoms with Gasteiger partial charge in [-0.15, -0.1) is 0 Å². The van der Waals surface area contributed by atoms with E-state index in [4.69, 9.17) is 22.1 Å². The molecule has 0 unspecified atom stereocenters. The number of hydrogen-bond acceptors (Lipinski definition) is 5. The van der Waals surface area contributed by atoms with Gasteiger partial charge >= 0.3 is 0 Å². The summed E-state index contributed by atoms with van der Waals surface area (Å²) in [6, 6.07) is 9.70. The average Bonchev–Trinajstić information content (AvgIpc) is 3.14. The number of aliphatic imine (C=N–C) groups is 1. The maximum atomic E-state index is 8.91. The summed E-state index contributed by atoms with van der Waals surface area (Å²) in [6.45, 7) is -0.180. The number of nitrogens with two attached hydrogens (primary N) is 1. The van der Waals surface area contributed by atoms with Crippen LogP contribution in [0.15, 0.2) is 47.7 Å². The molecule has 1 aliphatic heterocycles.